The molecule has 2 aromatic heterocycles. The number of hydrogen-bond acceptors (Lipinski definition) is 7. The van der Waals surface area contributed by atoms with E-state index in [1.807, 2.05) is 19.1 Å². The molecular formula is C27H27ClN4O5. The molecule has 1 aliphatic heterocycles. The van der Waals surface area contributed by atoms with Crippen LogP contribution in [0, 0.1) is 6.92 Å². The van der Waals surface area contributed by atoms with Gasteiger partial charge in [0.05, 0.1) is 18.9 Å². The lowest BCUT2D eigenvalue weighted by Crippen LogP contribution is -2.36. The van der Waals surface area contributed by atoms with Gasteiger partial charge in [-0.2, -0.15) is 0 Å². The highest BCUT2D eigenvalue weighted by molar-refractivity contribution is 6.31. The molecule has 0 radical (unpaired) electrons. The van der Waals surface area contributed by atoms with Crippen LogP contribution in [0.3, 0.4) is 0 Å². The highest BCUT2D eigenvalue weighted by Crippen LogP contribution is 2.27. The second-order valence-electron chi connectivity index (χ2n) is 8.86. The Morgan fingerprint density at radius 1 is 1.16 bits per heavy atom. The van der Waals surface area contributed by atoms with E-state index < -0.39 is 17.9 Å². The van der Waals surface area contributed by atoms with E-state index in [-0.39, 0.29) is 12.4 Å². The number of amides is 1. The number of carbonyl (C=O) groups excluding carboxylic acids is 2. The molecule has 1 aliphatic rings. The molecule has 5 rings (SSSR count). The summed E-state index contributed by atoms with van der Waals surface area (Å²) >= 11 is 6.05. The second kappa shape index (κ2) is 10.7. The number of morpholine rings is 1. The third-order valence-electron chi connectivity index (χ3n) is 6.21. The van der Waals surface area contributed by atoms with Crippen LogP contribution in [0.25, 0.3) is 22.2 Å². The van der Waals surface area contributed by atoms with E-state index in [0.717, 1.165) is 48.9 Å². The van der Waals surface area contributed by atoms with Crippen LogP contribution in [0.15, 0.2) is 52.9 Å². The van der Waals surface area contributed by atoms with Crippen molar-refractivity contribution in [2.75, 3.05) is 37.8 Å². The van der Waals surface area contributed by atoms with Gasteiger partial charge in [-0.3, -0.25) is 9.59 Å². The fourth-order valence-electron chi connectivity index (χ4n) is 4.33. The smallest absolute Gasteiger partial charge is 0.302 e. The third kappa shape index (κ3) is 5.63. The maximum absolute atomic E-state index is 13.0. The van der Waals surface area contributed by atoms with Crippen LogP contribution in [-0.4, -0.2) is 54.8 Å². The lowest BCUT2D eigenvalue weighted by atomic mass is 10.1. The van der Waals surface area contributed by atoms with E-state index in [0.29, 0.717) is 21.8 Å². The van der Waals surface area contributed by atoms with Crippen LogP contribution in [0.2, 0.25) is 5.02 Å². The minimum Gasteiger partial charge on any atom is -0.463 e. The number of esters is 1. The summed E-state index contributed by atoms with van der Waals surface area (Å²) in [5, 5.41) is 4.13. The van der Waals surface area contributed by atoms with Crippen molar-refractivity contribution in [1.29, 1.82) is 0 Å². The molecule has 1 amide bonds. The quantitative estimate of drug-likeness (QED) is 0.340. The number of fused-ring (bicyclic) bond motifs is 1. The first kappa shape index (κ1) is 24.9. The Balaban J connectivity index is 1.37. The molecule has 0 unspecified atom stereocenters. The Bertz CT molecular complexity index is 1420. The number of aryl methyl sites for hydroxylation is 1. The fourth-order valence-corrected chi connectivity index (χ4v) is 4.51. The molecule has 1 fully saturated rings. The normalized spacial score (nSPS) is 14.5. The predicted molar refractivity (Wildman–Crippen MR) is 140 cm³/mol. The van der Waals surface area contributed by atoms with Gasteiger partial charge in [0.15, 0.2) is 5.76 Å². The van der Waals surface area contributed by atoms with Crippen molar-refractivity contribution in [3.8, 4) is 11.3 Å². The van der Waals surface area contributed by atoms with Crippen LogP contribution < -0.4 is 10.2 Å². The van der Waals surface area contributed by atoms with Crippen molar-refractivity contribution in [3.63, 3.8) is 0 Å². The van der Waals surface area contributed by atoms with E-state index in [1.165, 1.54) is 6.92 Å². The number of nitrogens with zero attached hydrogens (tertiary/aromatic N) is 2. The lowest BCUT2D eigenvalue weighted by Gasteiger charge is -2.28. The average molecular weight is 523 g/mol. The van der Waals surface area contributed by atoms with Crippen LogP contribution in [-0.2, 0) is 14.3 Å². The Labute approximate surface area is 218 Å². The zero-order chi connectivity index (χ0) is 25.9. The SMILES string of the molecule is CC(=O)OC[C@H](NC(=O)c1cc2cc(Cl)ccc2o1)c1nc(-c2ccc(N3CCOCC3)cc2)c(C)[nH]1. The number of hydrogen-bond donors (Lipinski definition) is 2. The number of imidazole rings is 1. The number of nitrogens with one attached hydrogen (secondary N) is 2. The van der Waals surface area contributed by atoms with Gasteiger partial charge < -0.3 is 29.1 Å². The summed E-state index contributed by atoms with van der Waals surface area (Å²) in [5.74, 6) is -0.333. The molecule has 192 valence electrons. The minimum absolute atomic E-state index is 0.0878. The number of anilines is 1. The maximum Gasteiger partial charge on any atom is 0.302 e. The maximum atomic E-state index is 13.0. The number of H-pyrrole nitrogens is 1. The van der Waals surface area contributed by atoms with Crippen LogP contribution in [0.4, 0.5) is 5.69 Å². The average Bonchev–Trinajstić information content (AvgIpc) is 3.50. The lowest BCUT2D eigenvalue weighted by molar-refractivity contribution is -0.141. The molecule has 0 bridgehead atoms. The second-order valence-corrected chi connectivity index (χ2v) is 9.30. The van der Waals surface area contributed by atoms with E-state index >= 15 is 0 Å². The van der Waals surface area contributed by atoms with Crippen molar-refractivity contribution in [3.05, 3.63) is 70.8 Å². The van der Waals surface area contributed by atoms with Gasteiger partial charge in [0, 0.05) is 47.4 Å². The monoisotopic (exact) mass is 522 g/mol. The molecule has 0 saturated carbocycles. The van der Waals surface area contributed by atoms with E-state index in [1.54, 1.807) is 24.3 Å². The molecule has 1 saturated heterocycles. The Hall–Kier alpha value is -3.82. The van der Waals surface area contributed by atoms with Gasteiger partial charge in [-0.05, 0) is 43.3 Å². The molecule has 10 heteroatoms. The standard InChI is InChI=1S/C27H27ClN4O5/c1-16-25(18-3-6-21(7-4-18)32-9-11-35-12-10-32)31-26(29-16)22(15-36-17(2)33)30-27(34)24-14-19-13-20(28)5-8-23(19)37-24/h3-8,13-14,22H,9-12,15H2,1-2H3,(H,29,31)(H,30,34)/t22-/m0/s1. The zero-order valence-electron chi connectivity index (χ0n) is 20.5. The van der Waals surface area contributed by atoms with Gasteiger partial charge >= 0.3 is 5.97 Å². The summed E-state index contributed by atoms with van der Waals surface area (Å²) in [6.45, 7) is 6.31. The topological polar surface area (TPSA) is 110 Å². The summed E-state index contributed by atoms with van der Waals surface area (Å²) in [7, 11) is 0. The molecule has 0 aliphatic carbocycles. The van der Waals surface area contributed by atoms with Crippen LogP contribution >= 0.6 is 11.6 Å². The summed E-state index contributed by atoms with van der Waals surface area (Å²) in [5.41, 5.74) is 4.19. The highest BCUT2D eigenvalue weighted by atomic mass is 35.5. The summed E-state index contributed by atoms with van der Waals surface area (Å²) in [6, 6.07) is 14.2. The summed E-state index contributed by atoms with van der Waals surface area (Å²) < 4.78 is 16.4. The molecule has 37 heavy (non-hydrogen) atoms. The minimum atomic E-state index is -0.715. The zero-order valence-corrected chi connectivity index (χ0v) is 21.3. The first-order chi connectivity index (χ1) is 17.9. The van der Waals surface area contributed by atoms with Gasteiger partial charge in [0.1, 0.15) is 24.1 Å². The van der Waals surface area contributed by atoms with Crippen LogP contribution in [0.5, 0.6) is 0 Å². The summed E-state index contributed by atoms with van der Waals surface area (Å²) in [6.07, 6.45) is 0. The molecule has 2 aromatic carbocycles. The largest absolute Gasteiger partial charge is 0.463 e. The van der Waals surface area contributed by atoms with Crippen molar-refractivity contribution in [2.45, 2.75) is 19.9 Å². The highest BCUT2D eigenvalue weighted by Gasteiger charge is 2.24. The molecule has 2 N–H and O–H groups in total. The Morgan fingerprint density at radius 2 is 1.92 bits per heavy atom. The third-order valence-corrected chi connectivity index (χ3v) is 6.45. The van der Waals surface area contributed by atoms with Gasteiger partial charge in [-0.15, -0.1) is 0 Å². The van der Waals surface area contributed by atoms with Crippen molar-refractivity contribution < 1.29 is 23.5 Å². The fraction of sp³-hybridized carbons (Fsp3) is 0.296. The van der Waals surface area contributed by atoms with Crippen molar-refractivity contribution in [2.24, 2.45) is 0 Å². The molecule has 4 aromatic rings. The van der Waals surface area contributed by atoms with Gasteiger partial charge in [0.2, 0.25) is 0 Å². The first-order valence-corrected chi connectivity index (χ1v) is 12.4. The summed E-state index contributed by atoms with van der Waals surface area (Å²) in [4.78, 5) is 34.9. The van der Waals surface area contributed by atoms with E-state index in [4.69, 9.17) is 30.5 Å². The van der Waals surface area contributed by atoms with Crippen molar-refractivity contribution in [1.82, 2.24) is 15.3 Å². The van der Waals surface area contributed by atoms with Crippen LogP contribution in [0.1, 0.15) is 35.0 Å². The number of carbonyl (C=O) groups is 2. The Kier molecular flexibility index (Phi) is 7.16. The number of furan rings is 1. The van der Waals surface area contributed by atoms with E-state index in [2.05, 4.69) is 27.3 Å². The molecule has 0 spiro atoms. The molecule has 9 nitrogen and oxygen atoms in total. The predicted octanol–water partition coefficient (Wildman–Crippen LogP) is 4.66. The first-order valence-electron chi connectivity index (χ1n) is 12.0. The molecule has 1 atom stereocenters. The van der Waals surface area contributed by atoms with Gasteiger partial charge in [-0.1, -0.05) is 23.7 Å². The number of halogens is 1. The van der Waals surface area contributed by atoms with Crippen molar-refractivity contribution >= 4 is 40.1 Å². The number of rotatable bonds is 7. The Morgan fingerprint density at radius 3 is 2.65 bits per heavy atom. The number of ether oxygens (including phenoxy) is 2. The number of aromatic amines is 1. The molecule has 3 heterocycles. The molecular weight excluding hydrogens is 496 g/mol. The number of benzene rings is 2. The van der Waals surface area contributed by atoms with Gasteiger partial charge in [-0.25, -0.2) is 4.98 Å². The number of aromatic nitrogens is 2. The van der Waals surface area contributed by atoms with Gasteiger partial charge in [0.25, 0.3) is 5.91 Å². The van der Waals surface area contributed by atoms with E-state index in [9.17, 15) is 9.59 Å².